The Morgan fingerprint density at radius 3 is 2.67 bits per heavy atom. The third kappa shape index (κ3) is 5.31. The molecular formula is C24H28Cl2N6O3S. The second kappa shape index (κ2) is 10.9. The van der Waals surface area contributed by atoms with E-state index in [4.69, 9.17) is 33.2 Å². The van der Waals surface area contributed by atoms with E-state index in [1.165, 1.54) is 4.90 Å². The van der Waals surface area contributed by atoms with E-state index >= 15 is 0 Å². The summed E-state index contributed by atoms with van der Waals surface area (Å²) in [7, 11) is 0. The van der Waals surface area contributed by atoms with Crippen LogP contribution in [-0.2, 0) is 17.8 Å². The maximum Gasteiger partial charge on any atom is 0.407 e. The first-order valence-corrected chi connectivity index (χ1v) is 13.9. The number of fused-ring (bicyclic) bond motifs is 1. The Bertz CT molecular complexity index is 1160. The number of hydrogen-bond acceptors (Lipinski definition) is 7. The predicted octanol–water partition coefficient (Wildman–Crippen LogP) is 4.22. The third-order valence-corrected chi connectivity index (χ3v) is 8.64. The molecule has 3 aliphatic heterocycles. The number of carbonyl (C=O) groups is 2. The molecule has 3 aliphatic rings. The van der Waals surface area contributed by atoms with E-state index in [0.29, 0.717) is 61.7 Å². The second-order valence-electron chi connectivity index (χ2n) is 9.14. The number of hydrogen-bond donors (Lipinski definition) is 2. The molecule has 1 aromatic heterocycles. The predicted molar refractivity (Wildman–Crippen MR) is 141 cm³/mol. The largest absolute Gasteiger partial charge is 0.465 e. The van der Waals surface area contributed by atoms with Gasteiger partial charge in [-0.05, 0) is 49.1 Å². The summed E-state index contributed by atoms with van der Waals surface area (Å²) in [6, 6.07) is 4.90. The minimum absolute atomic E-state index is 0.0977. The van der Waals surface area contributed by atoms with Crippen molar-refractivity contribution >= 4 is 58.7 Å². The number of halogens is 2. The van der Waals surface area contributed by atoms with Gasteiger partial charge in [0, 0.05) is 49.3 Å². The van der Waals surface area contributed by atoms with Gasteiger partial charge in [-0.3, -0.25) is 9.69 Å². The Kier molecular flexibility index (Phi) is 7.64. The highest BCUT2D eigenvalue weighted by atomic mass is 35.5. The standard InChI is InChI=1S/C24H28Cl2N6O3S/c25-16-6-5-15(17(26)13-16)14-27-21-20-18(3-2-12-36-20)28-23(29-21)31-10-8-30(9-11-31)22(33)19-4-1-7-32(19)24(34)35/h5-6,13,19H,1-4,7-12,14H2,(H,34,35)(H,27,28,29)/t19-/m1/s1. The molecule has 1 aromatic carbocycles. The zero-order valence-corrected chi connectivity index (χ0v) is 22.1. The molecule has 5 rings (SSSR count). The summed E-state index contributed by atoms with van der Waals surface area (Å²) < 4.78 is 0. The van der Waals surface area contributed by atoms with Crippen LogP contribution in [0.2, 0.25) is 10.0 Å². The molecule has 12 heteroatoms. The molecule has 0 radical (unpaired) electrons. The molecule has 2 amide bonds. The van der Waals surface area contributed by atoms with Crippen LogP contribution < -0.4 is 10.2 Å². The van der Waals surface area contributed by atoms with Gasteiger partial charge in [-0.15, -0.1) is 11.8 Å². The highest BCUT2D eigenvalue weighted by Crippen LogP contribution is 2.36. The van der Waals surface area contributed by atoms with Crippen molar-refractivity contribution in [3.05, 3.63) is 39.5 Å². The topological polar surface area (TPSA) is 102 Å². The summed E-state index contributed by atoms with van der Waals surface area (Å²) >= 11 is 14.2. The first kappa shape index (κ1) is 25.2. The summed E-state index contributed by atoms with van der Waals surface area (Å²) in [4.78, 5) is 40.5. The first-order valence-electron chi connectivity index (χ1n) is 12.2. The van der Waals surface area contributed by atoms with Gasteiger partial charge in [0.15, 0.2) is 0 Å². The van der Waals surface area contributed by atoms with Crippen LogP contribution in [-0.4, -0.2) is 81.4 Å². The lowest BCUT2D eigenvalue weighted by atomic mass is 10.1. The zero-order valence-electron chi connectivity index (χ0n) is 19.8. The number of amides is 2. The SMILES string of the molecule is O=C([C@H]1CCCN1C(=O)O)N1CCN(c2nc3c(c(NCc4ccc(Cl)cc4Cl)n2)SCCC3)CC1. The van der Waals surface area contributed by atoms with Crippen LogP contribution >= 0.6 is 35.0 Å². The van der Waals surface area contributed by atoms with E-state index in [1.54, 1.807) is 22.7 Å². The molecule has 2 fully saturated rings. The third-order valence-electron chi connectivity index (χ3n) is 6.85. The summed E-state index contributed by atoms with van der Waals surface area (Å²) in [6.45, 7) is 3.16. The Labute approximate surface area is 224 Å². The quantitative estimate of drug-likeness (QED) is 0.570. The minimum Gasteiger partial charge on any atom is -0.465 e. The normalized spacial score (nSPS) is 19.8. The van der Waals surface area contributed by atoms with Crippen LogP contribution in [0.5, 0.6) is 0 Å². The van der Waals surface area contributed by atoms with Gasteiger partial charge in [0.1, 0.15) is 11.9 Å². The van der Waals surface area contributed by atoms with Gasteiger partial charge >= 0.3 is 6.09 Å². The molecule has 36 heavy (non-hydrogen) atoms. The number of carbonyl (C=O) groups excluding carboxylic acids is 1. The zero-order chi connectivity index (χ0) is 25.2. The first-order chi connectivity index (χ1) is 17.4. The summed E-state index contributed by atoms with van der Waals surface area (Å²) in [5, 5.41) is 14.1. The van der Waals surface area contributed by atoms with Gasteiger partial charge in [0.25, 0.3) is 0 Å². The maximum atomic E-state index is 13.0. The van der Waals surface area contributed by atoms with Crippen LogP contribution in [0, 0.1) is 0 Å². The number of likely N-dealkylation sites (tertiary alicyclic amines) is 1. The molecule has 1 atom stereocenters. The van der Waals surface area contributed by atoms with E-state index in [9.17, 15) is 14.7 Å². The average Bonchev–Trinajstić information content (AvgIpc) is 3.38. The number of thioether (sulfide) groups is 1. The van der Waals surface area contributed by atoms with Gasteiger partial charge in [0.2, 0.25) is 11.9 Å². The van der Waals surface area contributed by atoms with E-state index in [2.05, 4.69) is 10.2 Å². The van der Waals surface area contributed by atoms with E-state index in [0.717, 1.165) is 47.0 Å². The molecule has 0 spiro atoms. The fourth-order valence-corrected chi connectivity index (χ4v) is 6.45. The van der Waals surface area contributed by atoms with Crippen LogP contribution in [0.15, 0.2) is 23.1 Å². The number of aromatic nitrogens is 2. The molecule has 9 nitrogen and oxygen atoms in total. The number of aryl methyl sites for hydroxylation is 1. The molecule has 2 saturated heterocycles. The lowest BCUT2D eigenvalue weighted by molar-refractivity contribution is -0.135. The van der Waals surface area contributed by atoms with Gasteiger partial charge in [-0.2, -0.15) is 4.98 Å². The van der Waals surface area contributed by atoms with Gasteiger partial charge in [-0.1, -0.05) is 29.3 Å². The van der Waals surface area contributed by atoms with Gasteiger partial charge < -0.3 is 20.2 Å². The second-order valence-corrected chi connectivity index (χ2v) is 11.1. The van der Waals surface area contributed by atoms with Crippen molar-refractivity contribution in [2.24, 2.45) is 0 Å². The molecule has 192 valence electrons. The van der Waals surface area contributed by atoms with Crippen LogP contribution in [0.1, 0.15) is 30.5 Å². The van der Waals surface area contributed by atoms with Crippen molar-refractivity contribution in [2.75, 3.05) is 48.7 Å². The molecule has 0 saturated carbocycles. The van der Waals surface area contributed by atoms with E-state index in [1.807, 2.05) is 12.1 Å². The fraction of sp³-hybridized carbons (Fsp3) is 0.500. The molecule has 2 aromatic rings. The number of nitrogens with one attached hydrogen (secondary N) is 1. The summed E-state index contributed by atoms with van der Waals surface area (Å²) in [6.07, 6.45) is 2.26. The fourth-order valence-electron chi connectivity index (χ4n) is 4.91. The Hall–Kier alpha value is -2.43. The number of rotatable bonds is 5. The maximum absolute atomic E-state index is 13.0. The average molecular weight is 552 g/mol. The molecule has 4 heterocycles. The van der Waals surface area contributed by atoms with Crippen LogP contribution in [0.4, 0.5) is 16.6 Å². The van der Waals surface area contributed by atoms with Crippen molar-refractivity contribution in [3.8, 4) is 0 Å². The van der Waals surface area contributed by atoms with Gasteiger partial charge in [-0.25, -0.2) is 9.78 Å². The Morgan fingerprint density at radius 2 is 1.92 bits per heavy atom. The molecular weight excluding hydrogens is 523 g/mol. The highest BCUT2D eigenvalue weighted by molar-refractivity contribution is 7.99. The minimum atomic E-state index is -1.02. The number of anilines is 2. The van der Waals surface area contributed by atoms with E-state index in [-0.39, 0.29) is 5.91 Å². The lowest BCUT2D eigenvalue weighted by Gasteiger charge is -2.37. The van der Waals surface area contributed by atoms with Crippen molar-refractivity contribution in [1.29, 1.82) is 0 Å². The van der Waals surface area contributed by atoms with Crippen molar-refractivity contribution in [3.63, 3.8) is 0 Å². The molecule has 0 aliphatic carbocycles. The molecule has 2 N–H and O–H groups in total. The monoisotopic (exact) mass is 550 g/mol. The van der Waals surface area contributed by atoms with Crippen LogP contribution in [0.25, 0.3) is 0 Å². The van der Waals surface area contributed by atoms with Crippen molar-refractivity contribution < 1.29 is 14.7 Å². The summed E-state index contributed by atoms with van der Waals surface area (Å²) in [5.41, 5.74) is 1.98. The number of piperazine rings is 1. The number of nitrogens with zero attached hydrogens (tertiary/aromatic N) is 5. The smallest absolute Gasteiger partial charge is 0.407 e. The van der Waals surface area contributed by atoms with Crippen molar-refractivity contribution in [2.45, 2.75) is 43.2 Å². The van der Waals surface area contributed by atoms with Crippen molar-refractivity contribution in [1.82, 2.24) is 19.8 Å². The van der Waals surface area contributed by atoms with E-state index < -0.39 is 12.1 Å². The highest BCUT2D eigenvalue weighted by Gasteiger charge is 2.37. The lowest BCUT2D eigenvalue weighted by Crippen LogP contribution is -2.54. The van der Waals surface area contributed by atoms with Crippen LogP contribution in [0.3, 0.4) is 0 Å². The Balaban J connectivity index is 1.29. The molecule has 0 unspecified atom stereocenters. The summed E-state index contributed by atoms with van der Waals surface area (Å²) in [5.74, 6) is 2.38. The molecule has 0 bridgehead atoms. The number of benzene rings is 1. The Morgan fingerprint density at radius 1 is 1.11 bits per heavy atom. The number of carboxylic acid groups (broad SMARTS) is 1. The van der Waals surface area contributed by atoms with Gasteiger partial charge in [0.05, 0.1) is 10.6 Å².